The van der Waals surface area contributed by atoms with E-state index in [1.165, 1.54) is 5.01 Å². The Hall–Kier alpha value is -3.86. The molecule has 0 radical (unpaired) electrons. The Labute approximate surface area is 168 Å². The van der Waals surface area contributed by atoms with Crippen LogP contribution in [0.3, 0.4) is 0 Å². The van der Waals surface area contributed by atoms with Crippen molar-refractivity contribution in [3.05, 3.63) is 107 Å². The summed E-state index contributed by atoms with van der Waals surface area (Å²) in [7, 11) is 1.95. The molecule has 4 aromatic rings. The first-order valence-corrected chi connectivity index (χ1v) is 9.48. The predicted octanol–water partition coefficient (Wildman–Crippen LogP) is 4.07. The molecule has 0 saturated heterocycles. The van der Waals surface area contributed by atoms with E-state index in [9.17, 15) is 9.59 Å². The van der Waals surface area contributed by atoms with Crippen LogP contribution in [-0.2, 0) is 7.05 Å². The van der Waals surface area contributed by atoms with Crippen molar-refractivity contribution in [1.82, 2.24) is 15.0 Å². The summed E-state index contributed by atoms with van der Waals surface area (Å²) in [6.07, 6.45) is 0. The lowest BCUT2D eigenvalue weighted by atomic mass is 9.96. The van der Waals surface area contributed by atoms with Crippen molar-refractivity contribution in [2.75, 3.05) is 0 Å². The number of aromatic nitrogens is 1. The number of hydrogen-bond acceptors (Lipinski definition) is 2. The van der Waals surface area contributed by atoms with Crippen LogP contribution in [0.5, 0.6) is 0 Å². The van der Waals surface area contributed by atoms with Gasteiger partial charge in [-0.05, 0) is 23.8 Å². The average molecular weight is 381 g/mol. The Balaban J connectivity index is 1.76. The second kappa shape index (κ2) is 6.63. The summed E-state index contributed by atoms with van der Waals surface area (Å²) in [5.74, 6) is -0.517. The third-order valence-electron chi connectivity index (χ3n) is 5.47. The number of nitrogens with one attached hydrogen (secondary N) is 1. The number of aryl methyl sites for hydroxylation is 1. The van der Waals surface area contributed by atoms with Crippen LogP contribution in [0, 0.1) is 0 Å². The normalized spacial score (nSPS) is 15.8. The highest BCUT2D eigenvalue weighted by Gasteiger charge is 2.40. The predicted molar refractivity (Wildman–Crippen MR) is 111 cm³/mol. The van der Waals surface area contributed by atoms with Gasteiger partial charge < -0.3 is 4.57 Å². The van der Waals surface area contributed by atoms with E-state index in [-0.39, 0.29) is 11.8 Å². The van der Waals surface area contributed by atoms with Gasteiger partial charge >= 0.3 is 0 Å². The van der Waals surface area contributed by atoms with Crippen LogP contribution < -0.4 is 5.43 Å². The van der Waals surface area contributed by atoms with E-state index in [1.54, 1.807) is 12.1 Å². The van der Waals surface area contributed by atoms with Crippen molar-refractivity contribution in [3.8, 4) is 0 Å². The van der Waals surface area contributed by atoms with Crippen LogP contribution in [0.2, 0.25) is 0 Å². The topological polar surface area (TPSA) is 54.3 Å². The molecule has 1 N–H and O–H groups in total. The molecule has 5 heteroatoms. The van der Waals surface area contributed by atoms with Gasteiger partial charge in [0.1, 0.15) is 6.04 Å². The number of rotatable bonds is 2. The van der Waals surface area contributed by atoms with E-state index in [2.05, 4.69) is 5.43 Å². The lowest BCUT2D eigenvalue weighted by Gasteiger charge is -2.36. The van der Waals surface area contributed by atoms with E-state index in [4.69, 9.17) is 0 Å². The fourth-order valence-electron chi connectivity index (χ4n) is 4.15. The molecular weight excluding hydrogens is 362 g/mol. The molecular formula is C24H19N3O2. The number of hydrogen-bond donors (Lipinski definition) is 1. The quantitative estimate of drug-likeness (QED) is 0.569. The van der Waals surface area contributed by atoms with Gasteiger partial charge in [0.05, 0.1) is 11.3 Å². The zero-order chi connectivity index (χ0) is 20.0. The number of fused-ring (bicyclic) bond motifs is 3. The molecule has 0 aliphatic carbocycles. The molecule has 1 atom stereocenters. The Morgan fingerprint density at radius 3 is 2.21 bits per heavy atom. The van der Waals surface area contributed by atoms with Crippen molar-refractivity contribution in [1.29, 1.82) is 0 Å². The molecule has 142 valence electrons. The molecule has 0 fully saturated rings. The van der Waals surface area contributed by atoms with Crippen LogP contribution in [-0.4, -0.2) is 21.4 Å². The smallest absolute Gasteiger partial charge is 0.273 e. The Kier molecular flexibility index (Phi) is 3.95. The summed E-state index contributed by atoms with van der Waals surface area (Å²) in [5, 5.41) is 2.34. The van der Waals surface area contributed by atoms with Crippen molar-refractivity contribution < 1.29 is 9.59 Å². The highest BCUT2D eigenvalue weighted by Crippen LogP contribution is 2.39. The second-order valence-corrected chi connectivity index (χ2v) is 7.13. The third kappa shape index (κ3) is 2.63. The fourth-order valence-corrected chi connectivity index (χ4v) is 4.15. The molecule has 1 aliphatic heterocycles. The third-order valence-corrected chi connectivity index (χ3v) is 5.47. The van der Waals surface area contributed by atoms with Gasteiger partial charge in [-0.1, -0.05) is 66.7 Å². The first-order chi connectivity index (χ1) is 14.2. The van der Waals surface area contributed by atoms with Crippen molar-refractivity contribution in [2.24, 2.45) is 7.05 Å². The molecule has 5 nitrogen and oxygen atoms in total. The number of hydrazine groups is 1. The van der Waals surface area contributed by atoms with E-state index >= 15 is 0 Å². The first-order valence-electron chi connectivity index (χ1n) is 9.48. The zero-order valence-electron chi connectivity index (χ0n) is 15.9. The van der Waals surface area contributed by atoms with Crippen molar-refractivity contribution >= 4 is 22.7 Å². The summed E-state index contributed by atoms with van der Waals surface area (Å²) >= 11 is 0. The number of amides is 2. The van der Waals surface area contributed by atoms with Gasteiger partial charge in [-0.2, -0.15) is 0 Å². The summed E-state index contributed by atoms with van der Waals surface area (Å²) in [4.78, 5) is 26.5. The van der Waals surface area contributed by atoms with Gasteiger partial charge in [0.25, 0.3) is 11.8 Å². The molecule has 5 rings (SSSR count). The molecule has 0 saturated carbocycles. The summed E-state index contributed by atoms with van der Waals surface area (Å²) in [5.41, 5.74) is 6.71. The molecule has 0 bridgehead atoms. The molecule has 2 amide bonds. The molecule has 3 aromatic carbocycles. The lowest BCUT2D eigenvalue weighted by molar-refractivity contribution is 0.0478. The Bertz CT molecular complexity index is 1230. The van der Waals surface area contributed by atoms with Gasteiger partial charge in [0.2, 0.25) is 0 Å². The van der Waals surface area contributed by atoms with Crippen LogP contribution in [0.4, 0.5) is 0 Å². The summed E-state index contributed by atoms with van der Waals surface area (Å²) in [6.45, 7) is 0. The molecule has 0 spiro atoms. The highest BCUT2D eigenvalue weighted by molar-refractivity contribution is 6.11. The van der Waals surface area contributed by atoms with E-state index in [0.29, 0.717) is 11.1 Å². The van der Waals surface area contributed by atoms with Gasteiger partial charge in [0.15, 0.2) is 0 Å². The van der Waals surface area contributed by atoms with E-state index < -0.39 is 6.04 Å². The lowest BCUT2D eigenvalue weighted by Crippen LogP contribution is -2.52. The maximum atomic E-state index is 13.4. The Morgan fingerprint density at radius 1 is 0.862 bits per heavy atom. The number of para-hydroxylation sites is 1. The van der Waals surface area contributed by atoms with Gasteiger partial charge in [0, 0.05) is 23.5 Å². The maximum Gasteiger partial charge on any atom is 0.273 e. The number of carbonyl (C=O) groups excluding carboxylic acids is 2. The average Bonchev–Trinajstić information content (AvgIpc) is 3.08. The van der Waals surface area contributed by atoms with Crippen LogP contribution >= 0.6 is 0 Å². The van der Waals surface area contributed by atoms with Gasteiger partial charge in [-0.3, -0.25) is 15.0 Å². The summed E-state index contributed by atoms with van der Waals surface area (Å²) in [6, 6.07) is 26.2. The monoisotopic (exact) mass is 381 g/mol. The standard InChI is InChI=1S/C24H19N3O2/c1-26-19-15-9-8-14-18(19)20-22(26)21(16-10-4-2-5-11-16)27(25-23(20)28)24(29)17-12-6-3-7-13-17/h2-15,21H,1H3,(H,25,28). The highest BCUT2D eigenvalue weighted by atomic mass is 16.2. The molecule has 29 heavy (non-hydrogen) atoms. The van der Waals surface area contributed by atoms with Crippen LogP contribution in [0.15, 0.2) is 84.9 Å². The maximum absolute atomic E-state index is 13.4. The van der Waals surface area contributed by atoms with E-state index in [0.717, 1.165) is 22.2 Å². The largest absolute Gasteiger partial charge is 0.345 e. The number of carbonyl (C=O) groups is 2. The summed E-state index contributed by atoms with van der Waals surface area (Å²) < 4.78 is 2.02. The minimum Gasteiger partial charge on any atom is -0.345 e. The van der Waals surface area contributed by atoms with Crippen LogP contribution in [0.25, 0.3) is 10.9 Å². The molecule has 1 aliphatic rings. The van der Waals surface area contributed by atoms with Gasteiger partial charge in [-0.25, -0.2) is 5.01 Å². The molecule has 2 heterocycles. The SMILES string of the molecule is Cn1c2c(c3ccccc31)C(=O)NN(C(=O)c1ccccc1)C2c1ccccc1. The number of nitrogens with zero attached hydrogens (tertiary/aromatic N) is 2. The minimum atomic E-state index is -0.436. The van der Waals surface area contributed by atoms with Gasteiger partial charge in [-0.15, -0.1) is 0 Å². The Morgan fingerprint density at radius 2 is 1.48 bits per heavy atom. The second-order valence-electron chi connectivity index (χ2n) is 7.13. The minimum absolute atomic E-state index is 0.247. The zero-order valence-corrected chi connectivity index (χ0v) is 15.9. The van der Waals surface area contributed by atoms with Crippen LogP contribution in [0.1, 0.15) is 38.0 Å². The molecule has 1 unspecified atom stereocenters. The van der Waals surface area contributed by atoms with Crippen molar-refractivity contribution in [3.63, 3.8) is 0 Å². The fraction of sp³-hybridized carbons (Fsp3) is 0.0833. The first kappa shape index (κ1) is 17.3. The molecule has 1 aromatic heterocycles. The number of benzene rings is 3. The van der Waals surface area contributed by atoms with Crippen molar-refractivity contribution in [2.45, 2.75) is 6.04 Å². The van der Waals surface area contributed by atoms with E-state index in [1.807, 2.05) is 84.4 Å².